The minimum atomic E-state index is -0.544. The smallest absolute Gasteiger partial charge is 0.128 e. The van der Waals surface area contributed by atoms with Gasteiger partial charge in [0.15, 0.2) is 0 Å². The first kappa shape index (κ1) is 16.2. The molecular formula is C16H26N2O3. The van der Waals surface area contributed by atoms with Gasteiger partial charge in [-0.2, -0.15) is 0 Å². The Bertz CT molecular complexity index is 479. The summed E-state index contributed by atoms with van der Waals surface area (Å²) in [7, 11) is 1.67. The van der Waals surface area contributed by atoms with Crippen molar-refractivity contribution in [1.29, 1.82) is 0 Å². The van der Waals surface area contributed by atoms with Gasteiger partial charge in [0.2, 0.25) is 0 Å². The average molecular weight is 294 g/mol. The third-order valence-electron chi connectivity index (χ3n) is 4.21. The number of likely N-dealkylation sites (N-methyl/N-ethyl adjacent to an activating group) is 1. The molecular weight excluding hydrogens is 268 g/mol. The summed E-state index contributed by atoms with van der Waals surface area (Å²) < 4.78 is 11.1. The molecule has 2 rings (SSSR count). The molecule has 0 aromatic carbocycles. The first-order chi connectivity index (χ1) is 10.1. The van der Waals surface area contributed by atoms with E-state index in [0.717, 1.165) is 42.2 Å². The molecule has 2 atom stereocenters. The molecule has 2 heterocycles. The summed E-state index contributed by atoms with van der Waals surface area (Å²) in [5.41, 5.74) is 2.89. The maximum absolute atomic E-state index is 10.5. The van der Waals surface area contributed by atoms with E-state index in [-0.39, 0.29) is 6.10 Å². The van der Waals surface area contributed by atoms with E-state index in [1.54, 1.807) is 13.3 Å². The number of hydrogen-bond acceptors (Lipinski definition) is 5. The number of aryl methyl sites for hydroxylation is 1. The van der Waals surface area contributed by atoms with Crippen LogP contribution in [-0.4, -0.2) is 60.5 Å². The number of morpholine rings is 1. The van der Waals surface area contributed by atoms with Crippen molar-refractivity contribution in [2.75, 3.05) is 33.4 Å². The summed E-state index contributed by atoms with van der Waals surface area (Å²) in [6.45, 7) is 9.48. The summed E-state index contributed by atoms with van der Waals surface area (Å²) in [6, 6.07) is 0. The summed E-state index contributed by atoms with van der Waals surface area (Å²) in [4.78, 5) is 6.75. The van der Waals surface area contributed by atoms with Gasteiger partial charge < -0.3 is 14.6 Å². The van der Waals surface area contributed by atoms with Gasteiger partial charge in [0.25, 0.3) is 0 Å². The van der Waals surface area contributed by atoms with Crippen LogP contribution in [0.2, 0.25) is 0 Å². The van der Waals surface area contributed by atoms with Crippen molar-refractivity contribution in [3.63, 3.8) is 0 Å². The SMILES string of the molecule is CCN1CCOC(C(O)Cc2ncc(C)c(OC)c2C)C1. The van der Waals surface area contributed by atoms with Gasteiger partial charge in [-0.15, -0.1) is 0 Å². The Morgan fingerprint density at radius 2 is 2.29 bits per heavy atom. The lowest BCUT2D eigenvalue weighted by Crippen LogP contribution is -2.48. The van der Waals surface area contributed by atoms with E-state index in [2.05, 4.69) is 16.8 Å². The molecule has 0 radical (unpaired) electrons. The van der Waals surface area contributed by atoms with Gasteiger partial charge in [-0.3, -0.25) is 9.88 Å². The highest BCUT2D eigenvalue weighted by Crippen LogP contribution is 2.25. The van der Waals surface area contributed by atoms with Gasteiger partial charge in [-0.1, -0.05) is 6.92 Å². The number of aliphatic hydroxyl groups excluding tert-OH is 1. The molecule has 1 saturated heterocycles. The first-order valence-corrected chi connectivity index (χ1v) is 7.57. The molecule has 0 saturated carbocycles. The molecule has 118 valence electrons. The summed E-state index contributed by atoms with van der Waals surface area (Å²) in [5, 5.41) is 10.5. The highest BCUT2D eigenvalue weighted by molar-refractivity contribution is 5.41. The summed E-state index contributed by atoms with van der Waals surface area (Å²) in [5.74, 6) is 0.854. The Labute approximate surface area is 126 Å². The number of hydrogen-bond donors (Lipinski definition) is 1. The standard InChI is InChI=1S/C16H26N2O3/c1-5-18-6-7-21-15(10-18)14(19)8-13-12(3)16(20-4)11(2)9-17-13/h9,14-15,19H,5-8,10H2,1-4H3. The zero-order chi connectivity index (χ0) is 15.4. The van der Waals surface area contributed by atoms with Crippen LogP contribution in [0.1, 0.15) is 23.7 Å². The van der Waals surface area contributed by atoms with Crippen LogP contribution in [0.15, 0.2) is 6.20 Å². The van der Waals surface area contributed by atoms with E-state index >= 15 is 0 Å². The van der Waals surface area contributed by atoms with E-state index in [1.165, 1.54) is 0 Å². The molecule has 1 aromatic heterocycles. The van der Waals surface area contributed by atoms with E-state index in [0.29, 0.717) is 13.0 Å². The Kier molecular flexibility index (Phi) is 5.56. The number of methoxy groups -OCH3 is 1. The van der Waals surface area contributed by atoms with Gasteiger partial charge >= 0.3 is 0 Å². The van der Waals surface area contributed by atoms with E-state index in [9.17, 15) is 5.11 Å². The molecule has 1 N–H and O–H groups in total. The zero-order valence-corrected chi connectivity index (χ0v) is 13.4. The van der Waals surface area contributed by atoms with E-state index < -0.39 is 6.10 Å². The molecule has 2 unspecified atom stereocenters. The number of nitrogens with zero attached hydrogens (tertiary/aromatic N) is 2. The molecule has 5 heteroatoms. The largest absolute Gasteiger partial charge is 0.496 e. The Morgan fingerprint density at radius 3 is 2.95 bits per heavy atom. The van der Waals surface area contributed by atoms with Crippen LogP contribution < -0.4 is 4.74 Å². The lowest BCUT2D eigenvalue weighted by molar-refractivity contribution is -0.0870. The third kappa shape index (κ3) is 3.73. The lowest BCUT2D eigenvalue weighted by atomic mass is 10.0. The van der Waals surface area contributed by atoms with Crippen molar-refractivity contribution in [2.24, 2.45) is 0 Å². The van der Waals surface area contributed by atoms with E-state index in [1.807, 2.05) is 13.8 Å². The third-order valence-corrected chi connectivity index (χ3v) is 4.21. The second-order valence-corrected chi connectivity index (χ2v) is 5.62. The fraction of sp³-hybridized carbons (Fsp3) is 0.688. The van der Waals surface area contributed by atoms with Crippen molar-refractivity contribution in [3.8, 4) is 5.75 Å². The van der Waals surface area contributed by atoms with Gasteiger partial charge in [0, 0.05) is 42.5 Å². The topological polar surface area (TPSA) is 54.8 Å². The Hall–Kier alpha value is -1.17. The van der Waals surface area contributed by atoms with Gasteiger partial charge in [-0.05, 0) is 20.4 Å². The average Bonchev–Trinajstić information content (AvgIpc) is 2.50. The maximum atomic E-state index is 10.5. The van der Waals surface area contributed by atoms with Crippen LogP contribution in [0.4, 0.5) is 0 Å². The summed E-state index contributed by atoms with van der Waals surface area (Å²) >= 11 is 0. The predicted octanol–water partition coefficient (Wildman–Crippen LogP) is 1.33. The van der Waals surface area contributed by atoms with Crippen LogP contribution in [0.25, 0.3) is 0 Å². The number of aromatic nitrogens is 1. The van der Waals surface area contributed by atoms with Crippen LogP contribution in [0.5, 0.6) is 5.75 Å². The fourth-order valence-electron chi connectivity index (χ4n) is 2.86. The van der Waals surface area contributed by atoms with Gasteiger partial charge in [-0.25, -0.2) is 0 Å². The molecule has 1 aromatic rings. The molecule has 0 spiro atoms. The van der Waals surface area contributed by atoms with Crippen LogP contribution in [0.3, 0.4) is 0 Å². The van der Waals surface area contributed by atoms with Crippen LogP contribution in [-0.2, 0) is 11.2 Å². The molecule has 1 aliphatic rings. The van der Waals surface area contributed by atoms with Crippen LogP contribution in [0, 0.1) is 13.8 Å². The quantitative estimate of drug-likeness (QED) is 0.888. The van der Waals surface area contributed by atoms with Crippen molar-refractivity contribution in [1.82, 2.24) is 9.88 Å². The predicted molar refractivity (Wildman–Crippen MR) is 81.8 cm³/mol. The minimum Gasteiger partial charge on any atom is -0.496 e. The lowest BCUT2D eigenvalue weighted by Gasteiger charge is -2.34. The fourth-order valence-corrected chi connectivity index (χ4v) is 2.86. The maximum Gasteiger partial charge on any atom is 0.128 e. The highest BCUT2D eigenvalue weighted by Gasteiger charge is 2.27. The monoisotopic (exact) mass is 294 g/mol. The van der Waals surface area contributed by atoms with E-state index in [4.69, 9.17) is 9.47 Å². The highest BCUT2D eigenvalue weighted by atomic mass is 16.5. The second-order valence-electron chi connectivity index (χ2n) is 5.62. The Morgan fingerprint density at radius 1 is 1.52 bits per heavy atom. The number of pyridine rings is 1. The second kappa shape index (κ2) is 7.20. The van der Waals surface area contributed by atoms with Gasteiger partial charge in [0.1, 0.15) is 5.75 Å². The van der Waals surface area contributed by atoms with Crippen molar-refractivity contribution < 1.29 is 14.6 Å². The number of rotatable bonds is 5. The van der Waals surface area contributed by atoms with Crippen molar-refractivity contribution in [3.05, 3.63) is 23.0 Å². The molecule has 21 heavy (non-hydrogen) atoms. The van der Waals surface area contributed by atoms with Crippen LogP contribution >= 0.6 is 0 Å². The molecule has 1 aliphatic heterocycles. The normalized spacial score (nSPS) is 21.3. The molecule has 1 fully saturated rings. The molecule has 0 amide bonds. The van der Waals surface area contributed by atoms with Crippen molar-refractivity contribution in [2.45, 2.75) is 39.4 Å². The minimum absolute atomic E-state index is 0.146. The van der Waals surface area contributed by atoms with Gasteiger partial charge in [0.05, 0.1) is 25.9 Å². The number of ether oxygens (including phenoxy) is 2. The number of aliphatic hydroxyl groups is 1. The first-order valence-electron chi connectivity index (χ1n) is 7.57. The molecule has 5 nitrogen and oxygen atoms in total. The Balaban J connectivity index is 2.07. The van der Waals surface area contributed by atoms with Crippen molar-refractivity contribution >= 4 is 0 Å². The molecule has 0 bridgehead atoms. The zero-order valence-electron chi connectivity index (χ0n) is 13.4. The summed E-state index contributed by atoms with van der Waals surface area (Å²) in [6.07, 6.45) is 1.60. The molecule has 0 aliphatic carbocycles.